The maximum Gasteiger partial charge on any atom is 0.123 e. The number of nitrogens with zero attached hydrogens (tertiary/aromatic N) is 2. The van der Waals surface area contributed by atoms with Gasteiger partial charge in [0.05, 0.1) is 11.8 Å². The summed E-state index contributed by atoms with van der Waals surface area (Å²) in [7, 11) is 1.87. The average Bonchev–Trinajstić information content (AvgIpc) is 2.68. The van der Waals surface area contributed by atoms with E-state index in [1.54, 1.807) is 16.8 Å². The van der Waals surface area contributed by atoms with Crippen LogP contribution in [0, 0.1) is 12.7 Å². The van der Waals surface area contributed by atoms with Crippen LogP contribution in [0.4, 0.5) is 4.39 Å². The molecule has 0 amide bonds. The van der Waals surface area contributed by atoms with Crippen molar-refractivity contribution in [1.29, 1.82) is 0 Å². The van der Waals surface area contributed by atoms with Gasteiger partial charge >= 0.3 is 0 Å². The number of rotatable bonds is 4. The summed E-state index contributed by atoms with van der Waals surface area (Å²) in [6, 6.07) is 8.29. The van der Waals surface area contributed by atoms with Crippen molar-refractivity contribution in [3.05, 3.63) is 53.1 Å². The van der Waals surface area contributed by atoms with Crippen molar-refractivity contribution in [2.24, 2.45) is 7.05 Å². The van der Waals surface area contributed by atoms with Gasteiger partial charge in [-0.1, -0.05) is 26.0 Å². The van der Waals surface area contributed by atoms with Crippen LogP contribution in [-0.4, -0.2) is 21.0 Å². The Morgan fingerprint density at radius 1 is 1.30 bits per heavy atom. The molecule has 1 unspecified atom stereocenters. The van der Waals surface area contributed by atoms with E-state index in [-0.39, 0.29) is 5.82 Å². The molecule has 0 aliphatic rings. The molecule has 1 N–H and O–H groups in total. The third kappa shape index (κ3) is 2.90. The lowest BCUT2D eigenvalue weighted by Crippen LogP contribution is -2.35. The smallest absolute Gasteiger partial charge is 0.123 e. The summed E-state index contributed by atoms with van der Waals surface area (Å²) in [5.74, 6) is -0.263. The summed E-state index contributed by atoms with van der Waals surface area (Å²) in [5, 5.41) is 14.8. The van der Waals surface area contributed by atoms with Crippen molar-refractivity contribution in [2.75, 3.05) is 0 Å². The molecule has 4 heteroatoms. The first kappa shape index (κ1) is 14.7. The summed E-state index contributed by atoms with van der Waals surface area (Å²) in [4.78, 5) is 0. The van der Waals surface area contributed by atoms with Crippen LogP contribution in [0.3, 0.4) is 0 Å². The van der Waals surface area contributed by atoms with Crippen LogP contribution in [0.25, 0.3) is 0 Å². The van der Waals surface area contributed by atoms with Crippen LogP contribution in [0.15, 0.2) is 30.3 Å². The van der Waals surface area contributed by atoms with Gasteiger partial charge in [-0.2, -0.15) is 5.10 Å². The van der Waals surface area contributed by atoms with Crippen molar-refractivity contribution >= 4 is 0 Å². The number of halogens is 1. The topological polar surface area (TPSA) is 38.0 Å². The number of hydrogen-bond acceptors (Lipinski definition) is 2. The molecule has 0 saturated heterocycles. The molecule has 3 nitrogen and oxygen atoms in total. The minimum Gasteiger partial charge on any atom is -0.392 e. The second-order valence-electron chi connectivity index (χ2n) is 5.85. The predicted octanol–water partition coefficient (Wildman–Crippen LogP) is 2.75. The summed E-state index contributed by atoms with van der Waals surface area (Å²) in [6.45, 7) is 5.86. The molecule has 1 aromatic carbocycles. The molecule has 2 rings (SSSR count). The summed E-state index contributed by atoms with van der Waals surface area (Å²) >= 11 is 0. The van der Waals surface area contributed by atoms with Gasteiger partial charge in [-0.15, -0.1) is 0 Å². The van der Waals surface area contributed by atoms with E-state index in [2.05, 4.69) is 5.10 Å². The molecule has 0 spiro atoms. The fourth-order valence-corrected chi connectivity index (χ4v) is 2.38. The van der Waals surface area contributed by atoms with Crippen LogP contribution in [0.1, 0.15) is 30.8 Å². The summed E-state index contributed by atoms with van der Waals surface area (Å²) in [5.41, 5.74) is 2.40. The lowest BCUT2D eigenvalue weighted by atomic mass is 9.77. The van der Waals surface area contributed by atoms with Crippen LogP contribution >= 0.6 is 0 Å². The molecule has 2 aromatic rings. The molecule has 0 radical (unpaired) electrons. The Kier molecular flexibility index (Phi) is 3.95. The van der Waals surface area contributed by atoms with Gasteiger partial charge in [0.2, 0.25) is 0 Å². The Hall–Kier alpha value is -1.68. The Labute approximate surface area is 119 Å². The lowest BCUT2D eigenvalue weighted by Gasteiger charge is -2.31. The Balaban J connectivity index is 2.20. The van der Waals surface area contributed by atoms with Crippen molar-refractivity contribution in [2.45, 2.75) is 38.7 Å². The minimum atomic E-state index is -0.567. The quantitative estimate of drug-likeness (QED) is 0.932. The first-order valence-corrected chi connectivity index (χ1v) is 6.74. The monoisotopic (exact) mass is 276 g/mol. The fraction of sp³-hybridized carbons (Fsp3) is 0.438. The molecule has 108 valence electrons. The summed E-state index contributed by atoms with van der Waals surface area (Å²) in [6.07, 6.45) is -0.0513. The number of aryl methyl sites for hydroxylation is 2. The van der Waals surface area contributed by atoms with Crippen LogP contribution < -0.4 is 0 Å². The van der Waals surface area contributed by atoms with Gasteiger partial charge in [0.25, 0.3) is 0 Å². The van der Waals surface area contributed by atoms with Gasteiger partial charge in [0, 0.05) is 24.6 Å². The van der Waals surface area contributed by atoms with Gasteiger partial charge in [0.1, 0.15) is 5.82 Å². The van der Waals surface area contributed by atoms with E-state index in [0.717, 1.165) is 17.0 Å². The minimum absolute atomic E-state index is 0.263. The molecule has 0 aliphatic heterocycles. The van der Waals surface area contributed by atoms with E-state index in [0.29, 0.717) is 6.42 Å². The molecule has 1 atom stereocenters. The van der Waals surface area contributed by atoms with Gasteiger partial charge in [-0.3, -0.25) is 4.68 Å². The Morgan fingerprint density at radius 3 is 2.40 bits per heavy atom. The zero-order valence-corrected chi connectivity index (χ0v) is 12.4. The van der Waals surface area contributed by atoms with Crippen molar-refractivity contribution in [1.82, 2.24) is 9.78 Å². The first-order valence-electron chi connectivity index (χ1n) is 6.74. The number of hydrogen-bond donors (Lipinski definition) is 1. The number of aliphatic hydroxyl groups is 1. The number of benzene rings is 1. The highest BCUT2D eigenvalue weighted by Gasteiger charge is 2.30. The van der Waals surface area contributed by atoms with Gasteiger partial charge < -0.3 is 5.11 Å². The largest absolute Gasteiger partial charge is 0.392 e. The van der Waals surface area contributed by atoms with Crippen LogP contribution in [0.2, 0.25) is 0 Å². The van der Waals surface area contributed by atoms with Crippen molar-refractivity contribution < 1.29 is 9.50 Å². The Bertz CT molecular complexity index is 587. The van der Waals surface area contributed by atoms with Gasteiger partial charge in [-0.05, 0) is 30.7 Å². The molecule has 0 aliphatic carbocycles. The molecule has 1 aromatic heterocycles. The van der Waals surface area contributed by atoms with Crippen molar-refractivity contribution in [3.63, 3.8) is 0 Å². The number of aromatic nitrogens is 2. The zero-order chi connectivity index (χ0) is 14.9. The van der Waals surface area contributed by atoms with Crippen LogP contribution in [0.5, 0.6) is 0 Å². The fourth-order valence-electron chi connectivity index (χ4n) is 2.38. The zero-order valence-electron chi connectivity index (χ0n) is 12.4. The SMILES string of the molecule is Cc1cc(CC(O)C(C)(C)c2ccc(F)cc2)n(C)n1. The van der Waals surface area contributed by atoms with E-state index in [9.17, 15) is 9.50 Å². The highest BCUT2D eigenvalue weighted by Crippen LogP contribution is 2.29. The standard InChI is InChI=1S/C16H21FN2O/c1-11-9-14(19(4)18-11)10-15(20)16(2,3)12-5-7-13(17)8-6-12/h5-9,15,20H,10H2,1-4H3. The first-order chi connectivity index (χ1) is 9.30. The molecule has 0 bridgehead atoms. The lowest BCUT2D eigenvalue weighted by molar-refractivity contribution is 0.0980. The second kappa shape index (κ2) is 5.37. The van der Waals surface area contributed by atoms with E-state index in [1.165, 1.54) is 12.1 Å². The molecule has 20 heavy (non-hydrogen) atoms. The highest BCUT2D eigenvalue weighted by atomic mass is 19.1. The average molecular weight is 276 g/mol. The second-order valence-corrected chi connectivity index (χ2v) is 5.85. The van der Waals surface area contributed by atoms with Crippen molar-refractivity contribution in [3.8, 4) is 0 Å². The molecular weight excluding hydrogens is 255 g/mol. The molecule has 1 heterocycles. The molecule has 0 fully saturated rings. The van der Waals surface area contributed by atoms with E-state index in [4.69, 9.17) is 0 Å². The highest BCUT2D eigenvalue weighted by molar-refractivity contribution is 5.26. The van der Waals surface area contributed by atoms with Crippen LogP contribution in [-0.2, 0) is 18.9 Å². The Morgan fingerprint density at radius 2 is 1.90 bits per heavy atom. The van der Waals surface area contributed by atoms with Gasteiger partial charge in [-0.25, -0.2) is 4.39 Å². The van der Waals surface area contributed by atoms with E-state index in [1.807, 2.05) is 33.9 Å². The third-order valence-corrected chi connectivity index (χ3v) is 3.92. The third-order valence-electron chi connectivity index (χ3n) is 3.92. The normalized spacial score (nSPS) is 13.5. The van der Waals surface area contributed by atoms with Gasteiger partial charge in [0.15, 0.2) is 0 Å². The maximum atomic E-state index is 13.0. The number of aliphatic hydroxyl groups excluding tert-OH is 1. The van der Waals surface area contributed by atoms with E-state index >= 15 is 0 Å². The van der Waals surface area contributed by atoms with E-state index < -0.39 is 11.5 Å². The molecule has 0 saturated carbocycles. The summed E-state index contributed by atoms with van der Waals surface area (Å²) < 4.78 is 14.8. The molecular formula is C16H21FN2O. The maximum absolute atomic E-state index is 13.0. The predicted molar refractivity (Wildman–Crippen MR) is 77.1 cm³/mol.